The smallest absolute Gasteiger partial charge is 0.205 e. The maximum atomic E-state index is 9.84. The van der Waals surface area contributed by atoms with E-state index in [-0.39, 0.29) is 5.75 Å². The van der Waals surface area contributed by atoms with E-state index in [1.165, 1.54) is 21.3 Å². The first kappa shape index (κ1) is 17.3. The van der Waals surface area contributed by atoms with Crippen molar-refractivity contribution in [2.75, 3.05) is 34.2 Å². The van der Waals surface area contributed by atoms with Gasteiger partial charge < -0.3 is 29.8 Å². The molecule has 2 aromatic carbocycles. The van der Waals surface area contributed by atoms with Gasteiger partial charge in [0.05, 0.1) is 34.1 Å². The fourth-order valence-corrected chi connectivity index (χ4v) is 2.33. The predicted molar refractivity (Wildman–Crippen MR) is 94.1 cm³/mol. The van der Waals surface area contributed by atoms with E-state index in [9.17, 15) is 5.11 Å². The molecule has 0 unspecified atom stereocenters. The molecule has 2 aromatic rings. The van der Waals surface area contributed by atoms with Crippen LogP contribution in [0.1, 0.15) is 11.1 Å². The number of ether oxygens (including phenoxy) is 4. The maximum absolute atomic E-state index is 9.84. The molecule has 0 aromatic heterocycles. The number of aromatic hydroxyl groups is 1. The Morgan fingerprint density at radius 2 is 1.50 bits per heavy atom. The summed E-state index contributed by atoms with van der Waals surface area (Å²) < 4.78 is 21.0. The Labute approximate surface area is 141 Å². The van der Waals surface area contributed by atoms with Crippen LogP contribution in [0.15, 0.2) is 24.3 Å². The first-order valence-electron chi connectivity index (χ1n) is 7.19. The van der Waals surface area contributed by atoms with Gasteiger partial charge in [-0.3, -0.25) is 0 Å². The lowest BCUT2D eigenvalue weighted by molar-refractivity contribution is 0.325. The molecule has 0 aliphatic heterocycles. The minimum absolute atomic E-state index is 0.0671. The van der Waals surface area contributed by atoms with Gasteiger partial charge in [-0.1, -0.05) is 18.2 Å². The van der Waals surface area contributed by atoms with Crippen molar-refractivity contribution in [1.29, 1.82) is 0 Å². The first-order valence-corrected chi connectivity index (χ1v) is 7.19. The Morgan fingerprint density at radius 1 is 0.833 bits per heavy atom. The number of rotatable bonds is 6. The van der Waals surface area contributed by atoms with E-state index in [1.54, 1.807) is 31.4 Å². The van der Waals surface area contributed by atoms with Gasteiger partial charge >= 0.3 is 0 Å². The second-order valence-corrected chi connectivity index (χ2v) is 4.91. The van der Waals surface area contributed by atoms with Crippen LogP contribution in [0.3, 0.4) is 0 Å². The van der Waals surface area contributed by atoms with E-state index in [2.05, 4.69) is 0 Å². The molecule has 0 heterocycles. The zero-order valence-corrected chi connectivity index (χ0v) is 14.1. The molecule has 0 saturated heterocycles. The summed E-state index contributed by atoms with van der Waals surface area (Å²) in [6.07, 6.45) is 3.62. The van der Waals surface area contributed by atoms with E-state index in [0.717, 1.165) is 5.56 Å². The van der Waals surface area contributed by atoms with Gasteiger partial charge in [0.2, 0.25) is 5.75 Å². The molecule has 128 valence electrons. The molecule has 0 radical (unpaired) electrons. The summed E-state index contributed by atoms with van der Waals surface area (Å²) in [5.74, 6) is 1.85. The van der Waals surface area contributed by atoms with Crippen molar-refractivity contribution in [3.8, 4) is 28.7 Å². The highest BCUT2D eigenvalue weighted by molar-refractivity contribution is 5.82. The van der Waals surface area contributed by atoms with E-state index in [4.69, 9.17) is 24.7 Å². The third-order valence-corrected chi connectivity index (χ3v) is 3.56. The van der Waals surface area contributed by atoms with Gasteiger partial charge in [0.15, 0.2) is 23.0 Å². The van der Waals surface area contributed by atoms with Gasteiger partial charge in [0.25, 0.3) is 0 Å². The Bertz CT molecular complexity index is 756. The number of nitrogen functional groups attached to an aromatic ring is 1. The molecule has 0 saturated carbocycles. The van der Waals surface area contributed by atoms with Crippen LogP contribution in [0.25, 0.3) is 12.2 Å². The molecular weight excluding hydrogens is 310 g/mol. The fourth-order valence-electron chi connectivity index (χ4n) is 2.33. The summed E-state index contributed by atoms with van der Waals surface area (Å²) in [7, 11) is 6.09. The van der Waals surface area contributed by atoms with Gasteiger partial charge in [-0.05, 0) is 23.8 Å². The van der Waals surface area contributed by atoms with Gasteiger partial charge in [-0.2, -0.15) is 0 Å². The molecule has 0 aliphatic rings. The Balaban J connectivity index is 2.43. The molecule has 3 N–H and O–H groups in total. The number of hydrogen-bond acceptors (Lipinski definition) is 6. The Hall–Kier alpha value is -3.02. The number of nitrogens with two attached hydrogens (primary N) is 1. The van der Waals surface area contributed by atoms with Crippen LogP contribution in [0.4, 0.5) is 5.69 Å². The van der Waals surface area contributed by atoms with Crippen LogP contribution in [0.5, 0.6) is 28.7 Å². The van der Waals surface area contributed by atoms with E-state index < -0.39 is 0 Å². The van der Waals surface area contributed by atoms with E-state index >= 15 is 0 Å². The average Bonchev–Trinajstić information content (AvgIpc) is 2.60. The number of methoxy groups -OCH3 is 4. The number of phenols is 1. The number of anilines is 1. The summed E-state index contributed by atoms with van der Waals surface area (Å²) in [5.41, 5.74) is 8.09. The minimum Gasteiger partial charge on any atom is -0.504 e. The van der Waals surface area contributed by atoms with Gasteiger partial charge in [-0.15, -0.1) is 0 Å². The second kappa shape index (κ2) is 7.50. The van der Waals surface area contributed by atoms with Crippen molar-refractivity contribution in [1.82, 2.24) is 0 Å². The van der Waals surface area contributed by atoms with E-state index in [1.807, 2.05) is 12.1 Å². The second-order valence-electron chi connectivity index (χ2n) is 4.91. The molecular formula is C18H21NO5. The Kier molecular flexibility index (Phi) is 5.42. The lowest BCUT2D eigenvalue weighted by Crippen LogP contribution is -2.01. The summed E-state index contributed by atoms with van der Waals surface area (Å²) in [4.78, 5) is 0. The highest BCUT2D eigenvalue weighted by Gasteiger charge is 2.17. The molecule has 0 aliphatic carbocycles. The highest BCUT2D eigenvalue weighted by atomic mass is 16.5. The van der Waals surface area contributed by atoms with Gasteiger partial charge in [-0.25, -0.2) is 0 Å². The maximum Gasteiger partial charge on any atom is 0.205 e. The first-order chi connectivity index (χ1) is 11.5. The normalized spacial score (nSPS) is 10.7. The number of hydrogen-bond donors (Lipinski definition) is 2. The van der Waals surface area contributed by atoms with Crippen molar-refractivity contribution in [3.63, 3.8) is 0 Å². The number of benzene rings is 2. The molecule has 2 rings (SSSR count). The summed E-state index contributed by atoms with van der Waals surface area (Å²) in [5, 5.41) is 9.84. The van der Waals surface area contributed by atoms with Crippen molar-refractivity contribution in [2.45, 2.75) is 0 Å². The van der Waals surface area contributed by atoms with Crippen LogP contribution in [-0.2, 0) is 0 Å². The molecule has 0 bridgehead atoms. The van der Waals surface area contributed by atoms with Crippen LogP contribution in [-0.4, -0.2) is 33.5 Å². The van der Waals surface area contributed by atoms with E-state index in [0.29, 0.717) is 34.2 Å². The topological polar surface area (TPSA) is 83.2 Å². The SMILES string of the molecule is COc1ccc(/C=C/c2cc(OC)c(OC)c(OC)c2N)cc1O. The number of phenolic OH excluding ortho intramolecular Hbond substituents is 1. The molecule has 0 amide bonds. The van der Waals surface area contributed by atoms with Crippen LogP contribution < -0.4 is 24.7 Å². The van der Waals surface area contributed by atoms with Crippen molar-refractivity contribution in [3.05, 3.63) is 35.4 Å². The van der Waals surface area contributed by atoms with Gasteiger partial charge in [0.1, 0.15) is 0 Å². The molecule has 6 nitrogen and oxygen atoms in total. The zero-order valence-electron chi connectivity index (χ0n) is 14.1. The molecule has 24 heavy (non-hydrogen) atoms. The third kappa shape index (κ3) is 3.32. The van der Waals surface area contributed by atoms with Crippen molar-refractivity contribution in [2.24, 2.45) is 0 Å². The van der Waals surface area contributed by atoms with Crippen LogP contribution >= 0.6 is 0 Å². The summed E-state index contributed by atoms with van der Waals surface area (Å²) >= 11 is 0. The predicted octanol–water partition coefficient (Wildman–Crippen LogP) is 3.18. The lowest BCUT2D eigenvalue weighted by atomic mass is 10.1. The van der Waals surface area contributed by atoms with Crippen molar-refractivity contribution < 1.29 is 24.1 Å². The molecule has 0 fully saturated rings. The van der Waals surface area contributed by atoms with Crippen molar-refractivity contribution >= 4 is 17.8 Å². The summed E-state index contributed by atoms with van der Waals surface area (Å²) in [6, 6.07) is 6.87. The lowest BCUT2D eigenvalue weighted by Gasteiger charge is -2.16. The Morgan fingerprint density at radius 3 is 2.04 bits per heavy atom. The minimum atomic E-state index is 0.0671. The monoisotopic (exact) mass is 331 g/mol. The van der Waals surface area contributed by atoms with Gasteiger partial charge in [0, 0.05) is 5.56 Å². The third-order valence-electron chi connectivity index (χ3n) is 3.56. The molecule has 6 heteroatoms. The standard InChI is InChI=1S/C18H21NO5/c1-21-14-8-6-11(9-13(14)20)5-7-12-10-15(22-2)17(23-3)18(24-4)16(12)19/h5-10,20H,19H2,1-4H3/b7-5+. The largest absolute Gasteiger partial charge is 0.504 e. The molecule has 0 spiro atoms. The van der Waals surface area contributed by atoms with Crippen LogP contribution in [0, 0.1) is 0 Å². The van der Waals surface area contributed by atoms with Crippen LogP contribution in [0.2, 0.25) is 0 Å². The molecule has 0 atom stereocenters. The zero-order chi connectivity index (χ0) is 17.7. The fraction of sp³-hybridized carbons (Fsp3) is 0.222. The summed E-state index contributed by atoms with van der Waals surface area (Å²) in [6.45, 7) is 0. The quantitative estimate of drug-likeness (QED) is 0.625. The highest BCUT2D eigenvalue weighted by Crippen LogP contribution is 2.44. The average molecular weight is 331 g/mol.